The molecule has 0 saturated heterocycles. The topological polar surface area (TPSA) is 79.4 Å². The van der Waals surface area contributed by atoms with E-state index in [1.165, 1.54) is 12.8 Å². The number of H-pyrrole nitrogens is 1. The van der Waals surface area contributed by atoms with E-state index in [4.69, 9.17) is 5.73 Å². The summed E-state index contributed by atoms with van der Waals surface area (Å²) in [7, 11) is 0. The van der Waals surface area contributed by atoms with Gasteiger partial charge < -0.3 is 5.73 Å². The number of hydrogen-bond acceptors (Lipinski definition) is 4. The van der Waals surface area contributed by atoms with E-state index >= 15 is 0 Å². The maximum atomic E-state index is 5.51. The van der Waals surface area contributed by atoms with Gasteiger partial charge in [-0.3, -0.25) is 5.10 Å². The van der Waals surface area contributed by atoms with Crippen LogP contribution in [0, 0.1) is 0 Å². The molecule has 0 aliphatic carbocycles. The van der Waals surface area contributed by atoms with Crippen molar-refractivity contribution in [2.45, 2.75) is 26.2 Å². The number of hydrogen-bond donors (Lipinski definition) is 2. The van der Waals surface area contributed by atoms with Gasteiger partial charge in [0.2, 0.25) is 0 Å². The highest BCUT2D eigenvalue weighted by molar-refractivity contribution is 5.54. The van der Waals surface area contributed by atoms with Crippen molar-refractivity contribution in [3.05, 3.63) is 6.20 Å². The normalized spacial score (nSPS) is 11.2. The summed E-state index contributed by atoms with van der Waals surface area (Å²) in [4.78, 5) is 0. The summed E-state index contributed by atoms with van der Waals surface area (Å²) in [6, 6.07) is 0. The van der Waals surface area contributed by atoms with Crippen molar-refractivity contribution < 1.29 is 0 Å². The van der Waals surface area contributed by atoms with E-state index in [0.717, 1.165) is 13.0 Å². The fraction of sp³-hybridized carbons (Fsp3) is 0.625. The summed E-state index contributed by atoms with van der Waals surface area (Å²) in [6.07, 6.45) is 5.04. The second-order valence-corrected chi connectivity index (χ2v) is 2.84. The van der Waals surface area contributed by atoms with Gasteiger partial charge in [-0.05, 0) is 6.42 Å². The molecule has 1 aromatic heterocycles. The Labute approximate surface area is 77.4 Å². The maximum absolute atomic E-state index is 5.51. The van der Waals surface area contributed by atoms with Gasteiger partial charge in [0.15, 0.2) is 0 Å². The lowest BCUT2D eigenvalue weighted by Gasteiger charge is -1.90. The summed E-state index contributed by atoms with van der Waals surface area (Å²) < 4.78 is 0. The highest BCUT2D eigenvalue weighted by atomic mass is 15.2. The smallest absolute Gasteiger partial charge is 0.147 e. The fourth-order valence-electron chi connectivity index (χ4n) is 0.928. The minimum Gasteiger partial charge on any atom is -0.382 e. The molecular formula is C8H15N5. The molecule has 3 N–H and O–H groups in total. The number of aromatic nitrogens is 2. The number of unbranched alkanes of at least 4 members (excludes halogenated alkanes) is 2. The highest BCUT2D eigenvalue weighted by Gasteiger charge is 1.96. The summed E-state index contributed by atoms with van der Waals surface area (Å²) >= 11 is 0. The van der Waals surface area contributed by atoms with Gasteiger partial charge in [0.05, 0.1) is 12.7 Å². The summed E-state index contributed by atoms with van der Waals surface area (Å²) in [6.45, 7) is 2.92. The molecule has 0 aliphatic rings. The second kappa shape index (κ2) is 5.29. The molecule has 1 heterocycles. The first-order valence-corrected chi connectivity index (χ1v) is 4.51. The largest absolute Gasteiger partial charge is 0.382 e. The Hall–Kier alpha value is -1.39. The highest BCUT2D eigenvalue weighted by Crippen LogP contribution is 2.17. The van der Waals surface area contributed by atoms with E-state index in [1.807, 2.05) is 0 Å². The molecule has 0 bridgehead atoms. The van der Waals surface area contributed by atoms with Crippen LogP contribution in [0.2, 0.25) is 0 Å². The van der Waals surface area contributed by atoms with Crippen molar-refractivity contribution in [2.75, 3.05) is 12.3 Å². The van der Waals surface area contributed by atoms with Crippen LogP contribution in [0.1, 0.15) is 26.2 Å². The maximum Gasteiger partial charge on any atom is 0.147 e. The minimum absolute atomic E-state index is 0.472. The van der Waals surface area contributed by atoms with Crippen LogP contribution in [0.4, 0.5) is 11.5 Å². The first kappa shape index (κ1) is 9.70. The average molecular weight is 181 g/mol. The molecule has 1 aromatic rings. The van der Waals surface area contributed by atoms with E-state index in [0.29, 0.717) is 11.5 Å². The first-order chi connectivity index (χ1) is 6.34. The number of nitrogens with one attached hydrogen (secondary N) is 1. The van der Waals surface area contributed by atoms with Gasteiger partial charge in [0.25, 0.3) is 0 Å². The molecule has 0 aliphatic heterocycles. The predicted molar refractivity (Wildman–Crippen MR) is 51.9 cm³/mol. The fourth-order valence-corrected chi connectivity index (χ4v) is 0.928. The molecule has 5 nitrogen and oxygen atoms in total. The van der Waals surface area contributed by atoms with Crippen LogP contribution in [0.5, 0.6) is 0 Å². The van der Waals surface area contributed by atoms with Crippen LogP contribution in [-0.4, -0.2) is 16.7 Å². The number of nitrogens with zero attached hydrogens (tertiary/aromatic N) is 3. The van der Waals surface area contributed by atoms with Crippen LogP contribution >= 0.6 is 0 Å². The summed E-state index contributed by atoms with van der Waals surface area (Å²) in [5, 5.41) is 14.3. The third-order valence-electron chi connectivity index (χ3n) is 1.69. The van der Waals surface area contributed by atoms with Gasteiger partial charge in [-0.1, -0.05) is 19.8 Å². The van der Waals surface area contributed by atoms with Crippen LogP contribution in [0.3, 0.4) is 0 Å². The molecule has 5 heteroatoms. The standard InChI is InChI=1S/C8H15N5/c1-2-3-4-5-10-12-7-6-11-13-8(7)9/h6H,2-5H2,1H3,(H3,9,11,13)/b12-10+. The van der Waals surface area contributed by atoms with Crippen molar-refractivity contribution in [1.29, 1.82) is 0 Å². The monoisotopic (exact) mass is 181 g/mol. The molecule has 0 amide bonds. The van der Waals surface area contributed by atoms with Crippen molar-refractivity contribution in [3.8, 4) is 0 Å². The number of rotatable bonds is 5. The molecule has 0 aromatic carbocycles. The molecule has 1 rings (SSSR count). The van der Waals surface area contributed by atoms with Crippen LogP contribution in [-0.2, 0) is 0 Å². The summed E-state index contributed by atoms with van der Waals surface area (Å²) in [5.41, 5.74) is 6.13. The van der Waals surface area contributed by atoms with Crippen LogP contribution in [0.25, 0.3) is 0 Å². The van der Waals surface area contributed by atoms with Crippen molar-refractivity contribution in [3.63, 3.8) is 0 Å². The Bertz CT molecular complexity index is 265. The molecule has 13 heavy (non-hydrogen) atoms. The Kier molecular flexibility index (Phi) is 3.95. The number of anilines is 1. The Morgan fingerprint density at radius 1 is 1.54 bits per heavy atom. The Morgan fingerprint density at radius 3 is 3.00 bits per heavy atom. The molecule has 0 radical (unpaired) electrons. The minimum atomic E-state index is 0.472. The van der Waals surface area contributed by atoms with Gasteiger partial charge in [-0.25, -0.2) is 0 Å². The second-order valence-electron chi connectivity index (χ2n) is 2.84. The van der Waals surface area contributed by atoms with E-state index in [-0.39, 0.29) is 0 Å². The molecule has 0 spiro atoms. The number of aromatic amines is 1. The number of azo groups is 1. The zero-order valence-electron chi connectivity index (χ0n) is 7.82. The molecular weight excluding hydrogens is 166 g/mol. The van der Waals surface area contributed by atoms with Gasteiger partial charge in [-0.15, -0.1) is 0 Å². The van der Waals surface area contributed by atoms with E-state index in [2.05, 4.69) is 27.3 Å². The Morgan fingerprint density at radius 2 is 2.38 bits per heavy atom. The quantitative estimate of drug-likeness (QED) is 0.539. The lowest BCUT2D eigenvalue weighted by atomic mass is 10.3. The Balaban J connectivity index is 2.28. The first-order valence-electron chi connectivity index (χ1n) is 4.51. The van der Waals surface area contributed by atoms with Gasteiger partial charge in [0, 0.05) is 0 Å². The van der Waals surface area contributed by atoms with E-state index < -0.39 is 0 Å². The zero-order chi connectivity index (χ0) is 9.52. The van der Waals surface area contributed by atoms with Crippen LogP contribution < -0.4 is 5.73 Å². The third-order valence-corrected chi connectivity index (χ3v) is 1.69. The molecule has 0 fully saturated rings. The molecule has 0 unspecified atom stereocenters. The lowest BCUT2D eigenvalue weighted by molar-refractivity contribution is 0.713. The summed E-state index contributed by atoms with van der Waals surface area (Å²) in [5.74, 6) is 0.472. The van der Waals surface area contributed by atoms with Crippen molar-refractivity contribution in [1.82, 2.24) is 10.2 Å². The predicted octanol–water partition coefficient (Wildman–Crippen LogP) is 2.27. The van der Waals surface area contributed by atoms with Crippen LogP contribution in [0.15, 0.2) is 16.4 Å². The zero-order valence-corrected chi connectivity index (χ0v) is 7.82. The van der Waals surface area contributed by atoms with Gasteiger partial charge in [-0.2, -0.15) is 15.3 Å². The SMILES string of the molecule is CCCCC/N=N/c1cn[nH]c1N. The van der Waals surface area contributed by atoms with Crippen molar-refractivity contribution in [2.24, 2.45) is 10.2 Å². The lowest BCUT2D eigenvalue weighted by Crippen LogP contribution is -1.83. The third kappa shape index (κ3) is 3.23. The molecule has 72 valence electrons. The molecule has 0 saturated carbocycles. The average Bonchev–Trinajstić information content (AvgIpc) is 2.52. The van der Waals surface area contributed by atoms with E-state index in [9.17, 15) is 0 Å². The number of nitrogens with two attached hydrogens (primary N) is 1. The van der Waals surface area contributed by atoms with Gasteiger partial charge in [0.1, 0.15) is 11.5 Å². The molecule has 0 atom stereocenters. The van der Waals surface area contributed by atoms with E-state index in [1.54, 1.807) is 6.20 Å². The van der Waals surface area contributed by atoms with Crippen molar-refractivity contribution >= 4 is 11.5 Å². The van der Waals surface area contributed by atoms with Gasteiger partial charge >= 0.3 is 0 Å². The number of nitrogen functional groups attached to an aromatic ring is 1.